The van der Waals surface area contributed by atoms with Gasteiger partial charge in [0.05, 0.1) is 19.3 Å². The van der Waals surface area contributed by atoms with Gasteiger partial charge in [0.25, 0.3) is 0 Å². The van der Waals surface area contributed by atoms with Gasteiger partial charge in [-0.25, -0.2) is 4.79 Å². The van der Waals surface area contributed by atoms with Crippen molar-refractivity contribution in [1.29, 1.82) is 0 Å². The van der Waals surface area contributed by atoms with E-state index >= 15 is 0 Å². The molecule has 0 radical (unpaired) electrons. The fraction of sp³-hybridized carbons (Fsp3) is 0.500. The maximum atomic E-state index is 11.4. The van der Waals surface area contributed by atoms with Crippen molar-refractivity contribution in [2.45, 2.75) is 12.6 Å². The Morgan fingerprint density at radius 3 is 3.06 bits per heavy atom. The van der Waals surface area contributed by atoms with Crippen molar-refractivity contribution in [2.75, 3.05) is 18.7 Å². The molecule has 1 unspecified atom stereocenters. The van der Waals surface area contributed by atoms with Crippen LogP contribution in [0.2, 0.25) is 0 Å². The Morgan fingerprint density at radius 2 is 2.47 bits per heavy atom. The lowest BCUT2D eigenvalue weighted by Gasteiger charge is -2.32. The number of hydrogen-bond donors (Lipinski definition) is 1. The number of nitrogens with zero attached hydrogens (tertiary/aromatic N) is 2. The summed E-state index contributed by atoms with van der Waals surface area (Å²) in [7, 11) is -3.84. The van der Waals surface area contributed by atoms with Gasteiger partial charge >= 0.3 is 5.69 Å². The first kappa shape index (κ1) is 12.3. The van der Waals surface area contributed by atoms with Gasteiger partial charge in [-0.3, -0.25) is 4.57 Å². The molecule has 0 spiro atoms. The molecule has 0 amide bonds. The van der Waals surface area contributed by atoms with Gasteiger partial charge in [-0.1, -0.05) is 0 Å². The van der Waals surface area contributed by atoms with Crippen molar-refractivity contribution < 1.29 is 18.7 Å². The van der Waals surface area contributed by atoms with E-state index in [0.717, 1.165) is 0 Å². The van der Waals surface area contributed by atoms with Gasteiger partial charge in [-0.2, -0.15) is 4.98 Å². The number of hydrogen-bond acceptors (Lipinski definition) is 7. The molecule has 1 aromatic heterocycles. The van der Waals surface area contributed by atoms with Crippen LogP contribution in [0.5, 0.6) is 0 Å². The van der Waals surface area contributed by atoms with Gasteiger partial charge < -0.3 is 24.5 Å². The van der Waals surface area contributed by atoms with E-state index in [1.54, 1.807) is 0 Å². The number of nitrogen functional groups attached to an aromatic ring is 1. The summed E-state index contributed by atoms with van der Waals surface area (Å²) in [5.74, 6) is 0.135. The molecular formula is C8H11N3O5P-. The van der Waals surface area contributed by atoms with E-state index in [2.05, 4.69) is 9.51 Å². The quantitative estimate of drug-likeness (QED) is 0.660. The lowest BCUT2D eigenvalue weighted by atomic mass is 10.3. The number of aromatic nitrogens is 2. The molecule has 0 bridgehead atoms. The van der Waals surface area contributed by atoms with Gasteiger partial charge in [0.15, 0.2) is 7.60 Å². The average molecular weight is 260 g/mol. The van der Waals surface area contributed by atoms with Crippen molar-refractivity contribution in [3.8, 4) is 0 Å². The molecule has 1 fully saturated rings. The minimum Gasteiger partial charge on any atom is -0.777 e. The third kappa shape index (κ3) is 3.13. The molecule has 0 aromatic carbocycles. The Labute approximate surface area is 96.5 Å². The summed E-state index contributed by atoms with van der Waals surface area (Å²) in [6.45, 7) is 0.0731. The third-order valence-electron chi connectivity index (χ3n) is 2.22. The molecule has 2 atom stereocenters. The van der Waals surface area contributed by atoms with Crippen LogP contribution in [0.25, 0.3) is 0 Å². The monoisotopic (exact) mass is 260 g/mol. The van der Waals surface area contributed by atoms with E-state index < -0.39 is 25.7 Å². The number of anilines is 1. The summed E-state index contributed by atoms with van der Waals surface area (Å²) in [6, 6.07) is 1.48. The molecule has 0 aliphatic carbocycles. The molecule has 8 nitrogen and oxygen atoms in total. The van der Waals surface area contributed by atoms with E-state index in [9.17, 15) is 14.3 Å². The molecule has 17 heavy (non-hydrogen) atoms. The fourth-order valence-corrected chi connectivity index (χ4v) is 2.25. The molecule has 2 rings (SSSR count). The molecule has 1 aliphatic rings. The Kier molecular flexibility index (Phi) is 3.30. The molecule has 1 saturated heterocycles. The standard InChI is InChI=1S/C8H12N3O5P/c9-7-1-2-11(8(12)10-7)3-6-4-16-17(13,14)5-15-6/h1-2,6H,3-5H2,(H,13,14)(H2,9,10,12)/p-1/t6-/m0/s1. The van der Waals surface area contributed by atoms with E-state index in [1.165, 1.54) is 16.8 Å². The van der Waals surface area contributed by atoms with Gasteiger partial charge in [0.2, 0.25) is 0 Å². The first-order valence-corrected chi connectivity index (χ1v) is 6.58. The molecular weight excluding hydrogens is 249 g/mol. The predicted molar refractivity (Wildman–Crippen MR) is 56.2 cm³/mol. The maximum Gasteiger partial charge on any atom is 0.349 e. The zero-order valence-electron chi connectivity index (χ0n) is 8.81. The second-order valence-electron chi connectivity index (χ2n) is 3.61. The first-order chi connectivity index (χ1) is 7.96. The van der Waals surface area contributed by atoms with Crippen LogP contribution in [-0.2, 0) is 20.4 Å². The van der Waals surface area contributed by atoms with E-state index in [-0.39, 0.29) is 19.0 Å². The molecule has 1 aliphatic heterocycles. The zero-order valence-corrected chi connectivity index (χ0v) is 9.71. The minimum absolute atomic E-state index is 0.0996. The van der Waals surface area contributed by atoms with Crippen LogP contribution in [0.1, 0.15) is 0 Å². The highest BCUT2D eigenvalue weighted by atomic mass is 31.2. The number of nitrogens with two attached hydrogens (primary N) is 1. The van der Waals surface area contributed by atoms with E-state index in [0.29, 0.717) is 0 Å². The Balaban J connectivity index is 2.03. The molecule has 9 heteroatoms. The Bertz CT molecular complexity index is 504. The molecule has 0 saturated carbocycles. The van der Waals surface area contributed by atoms with E-state index in [1.807, 2.05) is 0 Å². The third-order valence-corrected chi connectivity index (χ3v) is 3.23. The highest BCUT2D eigenvalue weighted by Crippen LogP contribution is 2.40. The van der Waals surface area contributed by atoms with Gasteiger partial charge in [-0.15, -0.1) is 0 Å². The Morgan fingerprint density at radius 1 is 1.71 bits per heavy atom. The lowest BCUT2D eigenvalue weighted by molar-refractivity contribution is -0.216. The van der Waals surface area contributed by atoms with Crippen LogP contribution in [0.15, 0.2) is 17.1 Å². The Hall–Kier alpha value is -1.21. The highest BCUT2D eigenvalue weighted by Gasteiger charge is 2.23. The van der Waals surface area contributed by atoms with Crippen molar-refractivity contribution in [3.63, 3.8) is 0 Å². The zero-order chi connectivity index (χ0) is 12.5. The largest absolute Gasteiger partial charge is 0.777 e. The first-order valence-electron chi connectivity index (χ1n) is 4.85. The highest BCUT2D eigenvalue weighted by molar-refractivity contribution is 7.51. The average Bonchev–Trinajstić information content (AvgIpc) is 2.25. The lowest BCUT2D eigenvalue weighted by Crippen LogP contribution is -2.36. The summed E-state index contributed by atoms with van der Waals surface area (Å²) in [4.78, 5) is 25.9. The summed E-state index contributed by atoms with van der Waals surface area (Å²) < 4.78 is 21.9. The van der Waals surface area contributed by atoms with Crippen LogP contribution in [0.4, 0.5) is 5.82 Å². The van der Waals surface area contributed by atoms with Gasteiger partial charge in [0, 0.05) is 6.20 Å². The minimum atomic E-state index is -3.84. The molecule has 2 N–H and O–H groups in total. The second-order valence-corrected chi connectivity index (χ2v) is 5.35. The smallest absolute Gasteiger partial charge is 0.349 e. The molecule has 1 aromatic rings. The van der Waals surface area contributed by atoms with Crippen molar-refractivity contribution in [2.24, 2.45) is 0 Å². The summed E-state index contributed by atoms with van der Waals surface area (Å²) in [5, 5.41) is 0. The SMILES string of the molecule is Nc1ccn(C[C@H]2COP(=O)([O-])CO2)c(=O)n1. The topological polar surface area (TPSA) is 120 Å². The summed E-state index contributed by atoms with van der Waals surface area (Å²) in [6.07, 6.45) is 0.503. The molecule has 2 heterocycles. The number of ether oxygens (including phenoxy) is 1. The molecule has 94 valence electrons. The fourth-order valence-electron chi connectivity index (χ4n) is 1.38. The van der Waals surface area contributed by atoms with Crippen LogP contribution in [0.3, 0.4) is 0 Å². The summed E-state index contributed by atoms with van der Waals surface area (Å²) in [5.41, 5.74) is 4.83. The van der Waals surface area contributed by atoms with Crippen LogP contribution >= 0.6 is 7.60 Å². The summed E-state index contributed by atoms with van der Waals surface area (Å²) >= 11 is 0. The van der Waals surface area contributed by atoms with Crippen LogP contribution in [-0.4, -0.2) is 28.6 Å². The van der Waals surface area contributed by atoms with E-state index in [4.69, 9.17) is 10.5 Å². The maximum absolute atomic E-state index is 11.4. The van der Waals surface area contributed by atoms with Gasteiger partial charge in [-0.05, 0) is 6.07 Å². The predicted octanol–water partition coefficient (Wildman–Crippen LogP) is -1.25. The normalized spacial score (nSPS) is 29.1. The van der Waals surface area contributed by atoms with Crippen molar-refractivity contribution in [3.05, 3.63) is 22.7 Å². The van der Waals surface area contributed by atoms with Crippen molar-refractivity contribution >= 4 is 13.4 Å². The van der Waals surface area contributed by atoms with Crippen LogP contribution in [0, 0.1) is 0 Å². The second kappa shape index (κ2) is 4.58. The van der Waals surface area contributed by atoms with Crippen LogP contribution < -0.4 is 16.3 Å². The van der Waals surface area contributed by atoms with Crippen molar-refractivity contribution in [1.82, 2.24) is 9.55 Å². The number of rotatable bonds is 2. The van der Waals surface area contributed by atoms with Gasteiger partial charge in [0.1, 0.15) is 12.2 Å².